The highest BCUT2D eigenvalue weighted by molar-refractivity contribution is 6.05. The largest absolute Gasteiger partial charge is 0.451 e. The standard InChI is InChI=1S/C13H14O3/c1-9(14)16-13(2)8-7-10-5-3-4-6-11(10)12(13)15/h3-6H,7-8H2,1-2H3. The van der Waals surface area contributed by atoms with Crippen molar-refractivity contribution in [3.8, 4) is 0 Å². The van der Waals surface area contributed by atoms with Crippen molar-refractivity contribution in [1.82, 2.24) is 0 Å². The van der Waals surface area contributed by atoms with E-state index >= 15 is 0 Å². The number of hydrogen-bond acceptors (Lipinski definition) is 3. The highest BCUT2D eigenvalue weighted by atomic mass is 16.6. The molecule has 0 spiro atoms. The lowest BCUT2D eigenvalue weighted by molar-refractivity contribution is -0.151. The first-order chi connectivity index (χ1) is 7.53. The maximum atomic E-state index is 12.2. The minimum Gasteiger partial charge on any atom is -0.451 e. The summed E-state index contributed by atoms with van der Waals surface area (Å²) in [5.74, 6) is -0.500. The van der Waals surface area contributed by atoms with Crippen LogP contribution in [0.2, 0.25) is 0 Å². The van der Waals surface area contributed by atoms with Crippen LogP contribution < -0.4 is 0 Å². The minimum atomic E-state index is -0.986. The Hall–Kier alpha value is -1.64. The van der Waals surface area contributed by atoms with E-state index in [1.54, 1.807) is 13.0 Å². The zero-order valence-electron chi connectivity index (χ0n) is 9.45. The second kappa shape index (κ2) is 3.74. The van der Waals surface area contributed by atoms with Gasteiger partial charge in [0.05, 0.1) is 0 Å². The second-order valence-electron chi connectivity index (χ2n) is 4.31. The predicted molar refractivity (Wildman–Crippen MR) is 59.3 cm³/mol. The number of carbonyl (C=O) groups is 2. The van der Waals surface area contributed by atoms with Gasteiger partial charge in [0.25, 0.3) is 0 Å². The van der Waals surface area contributed by atoms with E-state index in [1.165, 1.54) is 6.92 Å². The molecule has 0 aliphatic heterocycles. The number of esters is 1. The summed E-state index contributed by atoms with van der Waals surface area (Å²) in [5.41, 5.74) is 0.731. The van der Waals surface area contributed by atoms with Crippen LogP contribution in [0.1, 0.15) is 36.2 Å². The van der Waals surface area contributed by atoms with E-state index in [1.807, 2.05) is 18.2 Å². The average Bonchev–Trinajstić information content (AvgIpc) is 2.24. The molecule has 1 aromatic rings. The summed E-state index contributed by atoms with van der Waals surface area (Å²) < 4.78 is 5.16. The highest BCUT2D eigenvalue weighted by Crippen LogP contribution is 2.31. The molecule has 16 heavy (non-hydrogen) atoms. The molecule has 0 saturated heterocycles. The number of Topliss-reactive ketones (excluding diaryl/α,β-unsaturated/α-hetero) is 1. The first-order valence-electron chi connectivity index (χ1n) is 5.35. The van der Waals surface area contributed by atoms with Gasteiger partial charge in [-0.2, -0.15) is 0 Å². The number of hydrogen-bond donors (Lipinski definition) is 0. The summed E-state index contributed by atoms with van der Waals surface area (Å²) in [5, 5.41) is 0. The third-order valence-corrected chi connectivity index (χ3v) is 2.98. The maximum absolute atomic E-state index is 12.2. The number of rotatable bonds is 1. The van der Waals surface area contributed by atoms with Crippen molar-refractivity contribution < 1.29 is 14.3 Å². The smallest absolute Gasteiger partial charge is 0.303 e. The van der Waals surface area contributed by atoms with Crippen LogP contribution in [0.3, 0.4) is 0 Å². The summed E-state index contributed by atoms with van der Waals surface area (Å²) in [6, 6.07) is 7.48. The van der Waals surface area contributed by atoms with E-state index in [4.69, 9.17) is 4.74 Å². The third-order valence-electron chi connectivity index (χ3n) is 2.98. The van der Waals surface area contributed by atoms with Crippen molar-refractivity contribution in [1.29, 1.82) is 0 Å². The van der Waals surface area contributed by atoms with Gasteiger partial charge < -0.3 is 4.74 Å². The van der Waals surface area contributed by atoms with Crippen molar-refractivity contribution in [2.24, 2.45) is 0 Å². The lowest BCUT2D eigenvalue weighted by Crippen LogP contribution is -2.43. The molecular formula is C13H14O3. The fraction of sp³-hybridized carbons (Fsp3) is 0.385. The monoisotopic (exact) mass is 218 g/mol. The third kappa shape index (κ3) is 1.73. The Labute approximate surface area is 94.4 Å². The van der Waals surface area contributed by atoms with Crippen molar-refractivity contribution in [3.05, 3.63) is 35.4 Å². The van der Waals surface area contributed by atoms with Crippen LogP contribution in [0.15, 0.2) is 24.3 Å². The van der Waals surface area contributed by atoms with Crippen molar-refractivity contribution in [3.63, 3.8) is 0 Å². The van der Waals surface area contributed by atoms with E-state index in [2.05, 4.69) is 0 Å². The second-order valence-corrected chi connectivity index (χ2v) is 4.31. The molecular weight excluding hydrogens is 204 g/mol. The maximum Gasteiger partial charge on any atom is 0.303 e. The summed E-state index contributed by atoms with van der Waals surface area (Å²) in [4.78, 5) is 23.2. The van der Waals surface area contributed by atoms with Crippen molar-refractivity contribution in [2.45, 2.75) is 32.3 Å². The molecule has 1 aliphatic rings. The van der Waals surface area contributed by atoms with Crippen LogP contribution >= 0.6 is 0 Å². The zero-order valence-corrected chi connectivity index (χ0v) is 9.45. The fourth-order valence-corrected chi connectivity index (χ4v) is 2.15. The van der Waals surface area contributed by atoms with E-state index < -0.39 is 11.6 Å². The molecule has 3 nitrogen and oxygen atoms in total. The SMILES string of the molecule is CC(=O)OC1(C)CCc2ccccc2C1=O. The molecule has 1 aromatic carbocycles. The highest BCUT2D eigenvalue weighted by Gasteiger charge is 2.40. The molecule has 84 valence electrons. The van der Waals surface area contributed by atoms with E-state index in [-0.39, 0.29) is 5.78 Å². The molecule has 0 aromatic heterocycles. The van der Waals surface area contributed by atoms with Crippen molar-refractivity contribution in [2.75, 3.05) is 0 Å². The molecule has 0 fully saturated rings. The Bertz CT molecular complexity index is 450. The van der Waals surface area contributed by atoms with Gasteiger partial charge in [-0.1, -0.05) is 24.3 Å². The lowest BCUT2D eigenvalue weighted by atomic mass is 9.80. The Morgan fingerprint density at radius 1 is 1.38 bits per heavy atom. The van der Waals surface area contributed by atoms with Gasteiger partial charge >= 0.3 is 5.97 Å². The lowest BCUT2D eigenvalue weighted by Gasteiger charge is -2.32. The number of ketones is 1. The molecule has 2 rings (SSSR count). The van der Waals surface area contributed by atoms with Gasteiger partial charge in [0.1, 0.15) is 0 Å². The Morgan fingerprint density at radius 3 is 2.75 bits per heavy atom. The molecule has 0 radical (unpaired) electrons. The number of benzene rings is 1. The van der Waals surface area contributed by atoms with Crippen molar-refractivity contribution >= 4 is 11.8 Å². The number of carbonyl (C=O) groups excluding carboxylic acids is 2. The fourth-order valence-electron chi connectivity index (χ4n) is 2.15. The summed E-state index contributed by atoms with van der Waals surface area (Å²) in [6.45, 7) is 3.02. The summed E-state index contributed by atoms with van der Waals surface area (Å²) >= 11 is 0. The minimum absolute atomic E-state index is 0.0930. The van der Waals surface area contributed by atoms with Crippen LogP contribution in [0.25, 0.3) is 0 Å². The Morgan fingerprint density at radius 2 is 2.06 bits per heavy atom. The van der Waals surface area contributed by atoms with E-state index in [0.717, 1.165) is 12.0 Å². The van der Waals surface area contributed by atoms with Crippen LogP contribution in [0.4, 0.5) is 0 Å². The van der Waals surface area contributed by atoms with E-state index in [0.29, 0.717) is 12.0 Å². The first-order valence-corrected chi connectivity index (χ1v) is 5.35. The van der Waals surface area contributed by atoms with Gasteiger partial charge in [0.15, 0.2) is 5.60 Å². The molecule has 3 heteroatoms. The van der Waals surface area contributed by atoms with Crippen LogP contribution in [0.5, 0.6) is 0 Å². The molecule has 0 N–H and O–H groups in total. The normalized spacial score (nSPS) is 23.8. The molecule has 1 atom stereocenters. The van der Waals surface area contributed by atoms with Crippen LogP contribution in [0, 0.1) is 0 Å². The van der Waals surface area contributed by atoms with E-state index in [9.17, 15) is 9.59 Å². The average molecular weight is 218 g/mol. The van der Waals surface area contributed by atoms with Gasteiger partial charge in [-0.25, -0.2) is 0 Å². The molecule has 0 saturated carbocycles. The van der Waals surface area contributed by atoms with Gasteiger partial charge in [-0.3, -0.25) is 9.59 Å². The summed E-state index contributed by atoms with van der Waals surface area (Å²) in [7, 11) is 0. The first kappa shape index (κ1) is 10.9. The molecule has 0 amide bonds. The number of ether oxygens (including phenoxy) is 1. The number of fused-ring (bicyclic) bond motifs is 1. The molecule has 0 bridgehead atoms. The molecule has 1 unspecified atom stereocenters. The molecule has 1 aliphatic carbocycles. The predicted octanol–water partition coefficient (Wildman–Crippen LogP) is 2.14. The van der Waals surface area contributed by atoms with Crippen LogP contribution in [-0.4, -0.2) is 17.4 Å². The zero-order chi connectivity index (χ0) is 11.8. The number of aryl methyl sites for hydroxylation is 1. The van der Waals surface area contributed by atoms with Gasteiger partial charge in [0, 0.05) is 12.5 Å². The Kier molecular flexibility index (Phi) is 2.54. The Balaban J connectivity index is 2.37. The van der Waals surface area contributed by atoms with Gasteiger partial charge in [0.2, 0.25) is 5.78 Å². The van der Waals surface area contributed by atoms with Crippen LogP contribution in [-0.2, 0) is 16.0 Å². The van der Waals surface area contributed by atoms with Gasteiger partial charge in [-0.05, 0) is 25.3 Å². The molecule has 0 heterocycles. The summed E-state index contributed by atoms with van der Waals surface area (Å²) in [6.07, 6.45) is 1.33. The van der Waals surface area contributed by atoms with Gasteiger partial charge in [-0.15, -0.1) is 0 Å². The quantitative estimate of drug-likeness (QED) is 0.678. The topological polar surface area (TPSA) is 43.4 Å².